The summed E-state index contributed by atoms with van der Waals surface area (Å²) in [5.74, 6) is 0. The van der Waals surface area contributed by atoms with Gasteiger partial charge >= 0.3 is 29.6 Å². The van der Waals surface area contributed by atoms with Gasteiger partial charge in [0.1, 0.15) is 0 Å². The Bertz CT molecular complexity index is 353. The van der Waals surface area contributed by atoms with E-state index in [4.69, 9.17) is 16.7 Å². The van der Waals surface area contributed by atoms with Crippen LogP contribution < -0.4 is 34.7 Å². The van der Waals surface area contributed by atoms with Crippen molar-refractivity contribution in [1.82, 2.24) is 0 Å². The smallest absolute Gasteiger partial charge is 1.00 e. The van der Waals surface area contributed by atoms with Crippen LogP contribution in [-0.4, -0.2) is 8.42 Å². The summed E-state index contributed by atoms with van der Waals surface area (Å²) in [5, 5.41) is 5.32. The number of nitrogens with two attached hydrogens (primary N) is 1. The Balaban J connectivity index is 0. The Labute approximate surface area is 99.7 Å². The molecule has 0 unspecified atom stereocenters. The zero-order valence-electron chi connectivity index (χ0n) is 7.49. The summed E-state index contributed by atoms with van der Waals surface area (Å²) in [6.07, 6.45) is 0. The van der Waals surface area contributed by atoms with Gasteiger partial charge < -0.3 is 1.43 Å². The molecule has 0 amide bonds. The van der Waals surface area contributed by atoms with E-state index in [2.05, 4.69) is 0 Å². The van der Waals surface area contributed by atoms with Crippen molar-refractivity contribution in [2.24, 2.45) is 5.14 Å². The number of sulfonamides is 1. The Morgan fingerprint density at radius 1 is 1.25 bits per heavy atom. The summed E-state index contributed by atoms with van der Waals surface area (Å²) in [7, 11) is -3.58. The molecule has 0 fully saturated rings. The normalized spacial score (nSPS) is 10.5. The fourth-order valence-electron chi connectivity index (χ4n) is 0.624. The maximum Gasteiger partial charge on any atom is 1.00 e. The topological polar surface area (TPSA) is 60.2 Å². The van der Waals surface area contributed by atoms with Gasteiger partial charge in [-0.1, -0.05) is 11.6 Å². The summed E-state index contributed by atoms with van der Waals surface area (Å²) in [4.78, 5) is 0.0712. The Morgan fingerprint density at radius 3 is 2.00 bits per heavy atom. The largest absolute Gasteiger partial charge is 1.00 e. The summed E-state index contributed by atoms with van der Waals surface area (Å²) in [5.41, 5.74) is 0. The van der Waals surface area contributed by atoms with E-state index in [1.807, 2.05) is 0 Å². The third kappa shape index (κ3) is 3.43. The monoisotopic (exact) mass is 215 g/mol. The maximum absolute atomic E-state index is 10.7. The number of rotatable bonds is 1. The fraction of sp³-hybridized carbons (Fsp3) is 0. The second-order valence-electron chi connectivity index (χ2n) is 2.00. The van der Waals surface area contributed by atoms with Gasteiger partial charge in [-0.2, -0.15) is 0 Å². The molecule has 0 aromatic heterocycles. The summed E-state index contributed by atoms with van der Waals surface area (Å²) < 4.78 is 21.4. The molecule has 0 saturated heterocycles. The van der Waals surface area contributed by atoms with Gasteiger partial charge in [-0.05, 0) is 24.3 Å². The number of primary sulfonamides is 1. The van der Waals surface area contributed by atoms with Crippen molar-refractivity contribution >= 4 is 21.6 Å². The van der Waals surface area contributed by atoms with Gasteiger partial charge in [0.15, 0.2) is 0 Å². The van der Waals surface area contributed by atoms with Crippen molar-refractivity contribution in [2.75, 3.05) is 0 Å². The van der Waals surface area contributed by atoms with Crippen LogP contribution in [0.25, 0.3) is 0 Å². The van der Waals surface area contributed by atoms with Crippen molar-refractivity contribution in [3.8, 4) is 0 Å². The zero-order chi connectivity index (χ0) is 8.48. The van der Waals surface area contributed by atoms with Crippen molar-refractivity contribution in [3.05, 3.63) is 29.3 Å². The molecule has 0 atom stereocenters. The standard InChI is InChI=1S/C6H6ClNO2S.Na.H/c7-5-1-3-6(4-2-5)11(8,9)10;;/h1-4H,(H2,8,9,10);;/q;+1;-1. The molecule has 3 nitrogen and oxygen atoms in total. The Hall–Kier alpha value is 0.420. The second kappa shape index (κ2) is 4.60. The van der Waals surface area contributed by atoms with E-state index in [1.54, 1.807) is 0 Å². The summed E-state index contributed by atoms with van der Waals surface area (Å²) in [6.45, 7) is 0. The van der Waals surface area contributed by atoms with Gasteiger partial charge in [-0.25, -0.2) is 13.6 Å². The van der Waals surface area contributed by atoms with E-state index < -0.39 is 10.0 Å². The fourth-order valence-corrected chi connectivity index (χ4v) is 1.27. The van der Waals surface area contributed by atoms with Crippen LogP contribution in [0.15, 0.2) is 29.2 Å². The van der Waals surface area contributed by atoms with Crippen LogP contribution in [0.5, 0.6) is 0 Å². The van der Waals surface area contributed by atoms with Gasteiger partial charge in [-0.3, -0.25) is 0 Å². The first-order chi connectivity index (χ1) is 5.00. The average Bonchev–Trinajstić information content (AvgIpc) is 1.86. The van der Waals surface area contributed by atoms with E-state index in [0.29, 0.717) is 5.02 Å². The Kier molecular flexibility index (Phi) is 4.76. The number of benzene rings is 1. The minimum Gasteiger partial charge on any atom is -1.00 e. The molecule has 0 radical (unpaired) electrons. The molecular formula is C6H7ClNNaO2S. The molecule has 0 aliphatic carbocycles. The van der Waals surface area contributed by atoms with Crippen LogP contribution in [0.2, 0.25) is 5.02 Å². The van der Waals surface area contributed by atoms with Crippen molar-refractivity contribution in [1.29, 1.82) is 0 Å². The minimum absolute atomic E-state index is 0. The van der Waals surface area contributed by atoms with Crippen molar-refractivity contribution in [2.45, 2.75) is 4.90 Å². The third-order valence-electron chi connectivity index (χ3n) is 1.14. The zero-order valence-corrected chi connectivity index (χ0v) is 10.1. The number of halogens is 1. The first-order valence-corrected chi connectivity index (χ1v) is 4.71. The van der Waals surface area contributed by atoms with Gasteiger partial charge in [0.05, 0.1) is 4.90 Å². The van der Waals surface area contributed by atoms with Gasteiger partial charge in [0.2, 0.25) is 10.0 Å². The van der Waals surface area contributed by atoms with Crippen LogP contribution in [0.4, 0.5) is 0 Å². The molecule has 2 N–H and O–H groups in total. The quantitative estimate of drug-likeness (QED) is 0.557. The van der Waals surface area contributed by atoms with E-state index >= 15 is 0 Å². The minimum atomic E-state index is -3.58. The van der Waals surface area contributed by atoms with E-state index in [0.717, 1.165) is 0 Å². The number of hydrogen-bond acceptors (Lipinski definition) is 2. The van der Waals surface area contributed by atoms with Crippen LogP contribution in [-0.2, 0) is 10.0 Å². The third-order valence-corrected chi connectivity index (χ3v) is 2.32. The van der Waals surface area contributed by atoms with E-state index in [-0.39, 0.29) is 35.9 Å². The maximum atomic E-state index is 10.7. The molecule has 0 bridgehead atoms. The molecule has 0 aliphatic rings. The van der Waals surface area contributed by atoms with Gasteiger partial charge in [0.25, 0.3) is 0 Å². The molecule has 0 saturated carbocycles. The van der Waals surface area contributed by atoms with Crippen LogP contribution in [0, 0.1) is 0 Å². The Morgan fingerprint density at radius 2 is 1.67 bits per heavy atom. The molecule has 6 heteroatoms. The first-order valence-electron chi connectivity index (χ1n) is 2.78. The molecule has 0 aliphatic heterocycles. The molecule has 1 aromatic carbocycles. The van der Waals surface area contributed by atoms with Crippen LogP contribution in [0.3, 0.4) is 0 Å². The van der Waals surface area contributed by atoms with E-state index in [1.165, 1.54) is 24.3 Å². The first kappa shape index (κ1) is 12.4. The van der Waals surface area contributed by atoms with Gasteiger partial charge in [0, 0.05) is 5.02 Å². The van der Waals surface area contributed by atoms with Crippen molar-refractivity contribution < 1.29 is 39.4 Å². The van der Waals surface area contributed by atoms with Crippen LogP contribution in [0.1, 0.15) is 1.43 Å². The van der Waals surface area contributed by atoms with Crippen LogP contribution >= 0.6 is 11.6 Å². The average molecular weight is 216 g/mol. The molecule has 0 heterocycles. The van der Waals surface area contributed by atoms with Crippen molar-refractivity contribution in [3.63, 3.8) is 0 Å². The molecule has 12 heavy (non-hydrogen) atoms. The predicted octanol–water partition coefficient (Wildman–Crippen LogP) is -1.90. The molecule has 0 spiro atoms. The van der Waals surface area contributed by atoms with Gasteiger partial charge in [-0.15, -0.1) is 0 Å². The predicted molar refractivity (Wildman–Crippen MR) is 43.9 cm³/mol. The molecule has 1 rings (SSSR count). The SMILES string of the molecule is NS(=O)(=O)c1ccc(Cl)cc1.[H-].[Na+]. The summed E-state index contributed by atoms with van der Waals surface area (Å²) in [6, 6.07) is 5.66. The molecule has 1 aromatic rings. The summed E-state index contributed by atoms with van der Waals surface area (Å²) >= 11 is 5.53. The molecule has 62 valence electrons. The second-order valence-corrected chi connectivity index (χ2v) is 4.00. The molecular weight excluding hydrogens is 209 g/mol. The van der Waals surface area contributed by atoms with E-state index in [9.17, 15) is 8.42 Å². The number of hydrogen-bond donors (Lipinski definition) is 1.